The van der Waals surface area contributed by atoms with Gasteiger partial charge in [0.2, 0.25) is 5.91 Å². The maximum absolute atomic E-state index is 12.1. The number of carbonyl (C=O) groups excluding carboxylic acids is 1. The van der Waals surface area contributed by atoms with Crippen LogP contribution in [0.5, 0.6) is 11.5 Å². The molecule has 0 spiro atoms. The van der Waals surface area contributed by atoms with E-state index in [2.05, 4.69) is 5.32 Å². The largest absolute Gasteiger partial charge is 0.504 e. The molecule has 0 bridgehead atoms. The molecule has 0 aliphatic carbocycles. The van der Waals surface area contributed by atoms with Crippen LogP contribution >= 0.6 is 0 Å². The smallest absolute Gasteiger partial charge is 0.220 e. The second kappa shape index (κ2) is 6.74. The third kappa shape index (κ3) is 3.41. The molecule has 7 heteroatoms. The predicted molar refractivity (Wildman–Crippen MR) is 80.4 cm³/mol. The monoisotopic (exact) mass is 323 g/mol. The van der Waals surface area contributed by atoms with Crippen molar-refractivity contribution < 1.29 is 29.2 Å². The zero-order valence-corrected chi connectivity index (χ0v) is 12.9. The van der Waals surface area contributed by atoms with Gasteiger partial charge in [-0.25, -0.2) is 0 Å². The number of benzene rings is 1. The molecule has 0 unspecified atom stereocenters. The molecule has 23 heavy (non-hydrogen) atoms. The average molecular weight is 323 g/mol. The summed E-state index contributed by atoms with van der Waals surface area (Å²) in [4.78, 5) is 12.1. The molecular formula is C16H21NO6. The Hall–Kier alpha value is -1.83. The lowest BCUT2D eigenvalue weighted by molar-refractivity contribution is -0.122. The molecule has 1 aromatic rings. The first-order valence-electron chi connectivity index (χ1n) is 7.65. The third-order valence-corrected chi connectivity index (χ3v) is 4.26. The van der Waals surface area contributed by atoms with Crippen molar-refractivity contribution in [3.8, 4) is 11.5 Å². The summed E-state index contributed by atoms with van der Waals surface area (Å²) in [5.41, 5.74) is 0.853. The van der Waals surface area contributed by atoms with Gasteiger partial charge in [-0.15, -0.1) is 0 Å². The molecule has 1 amide bonds. The van der Waals surface area contributed by atoms with Crippen molar-refractivity contribution in [2.75, 3.05) is 20.3 Å². The highest BCUT2D eigenvalue weighted by Gasteiger charge is 2.47. The number of aryl methyl sites for hydroxylation is 1. The Bertz CT molecular complexity index is 578. The van der Waals surface area contributed by atoms with Crippen LogP contribution in [-0.2, 0) is 20.7 Å². The second-order valence-electron chi connectivity index (χ2n) is 5.84. The molecule has 3 N–H and O–H groups in total. The summed E-state index contributed by atoms with van der Waals surface area (Å²) in [5.74, 6) is 0.356. The van der Waals surface area contributed by atoms with E-state index in [1.165, 1.54) is 7.11 Å². The Morgan fingerprint density at radius 1 is 1.35 bits per heavy atom. The Labute approximate surface area is 134 Å². The molecule has 2 saturated heterocycles. The molecule has 1 aromatic carbocycles. The van der Waals surface area contributed by atoms with Gasteiger partial charge >= 0.3 is 0 Å². The van der Waals surface area contributed by atoms with Crippen LogP contribution in [0.25, 0.3) is 0 Å². The number of aliphatic hydroxyl groups is 1. The average Bonchev–Trinajstić information content (AvgIpc) is 3.09. The van der Waals surface area contributed by atoms with Gasteiger partial charge in [0.05, 0.1) is 26.4 Å². The third-order valence-electron chi connectivity index (χ3n) is 4.26. The highest BCUT2D eigenvalue weighted by atomic mass is 16.6. The molecule has 3 rings (SSSR count). The number of aliphatic hydroxyl groups excluding tert-OH is 1. The Kier molecular flexibility index (Phi) is 4.70. The van der Waals surface area contributed by atoms with E-state index in [-0.39, 0.29) is 36.5 Å². The number of hydrogen-bond acceptors (Lipinski definition) is 6. The lowest BCUT2D eigenvalue weighted by Gasteiger charge is -2.17. The van der Waals surface area contributed by atoms with E-state index in [4.69, 9.17) is 14.2 Å². The Balaban J connectivity index is 1.49. The minimum Gasteiger partial charge on any atom is -0.504 e. The summed E-state index contributed by atoms with van der Waals surface area (Å²) < 4.78 is 15.9. The lowest BCUT2D eigenvalue weighted by atomic mass is 10.1. The molecular weight excluding hydrogens is 302 g/mol. The number of fused-ring (bicyclic) bond motifs is 1. The summed E-state index contributed by atoms with van der Waals surface area (Å²) in [6.07, 6.45) is -0.446. The summed E-state index contributed by atoms with van der Waals surface area (Å²) in [7, 11) is 1.49. The zero-order valence-electron chi connectivity index (χ0n) is 12.9. The maximum atomic E-state index is 12.1. The molecule has 0 aromatic heterocycles. The fraction of sp³-hybridized carbons (Fsp3) is 0.562. The van der Waals surface area contributed by atoms with Crippen molar-refractivity contribution in [1.29, 1.82) is 0 Å². The summed E-state index contributed by atoms with van der Waals surface area (Å²) in [6, 6.07) is 4.86. The summed E-state index contributed by atoms with van der Waals surface area (Å²) in [6.45, 7) is 0.592. The Morgan fingerprint density at radius 2 is 2.13 bits per heavy atom. The van der Waals surface area contributed by atoms with E-state index in [1.54, 1.807) is 12.1 Å². The molecule has 0 saturated carbocycles. The molecule has 2 fully saturated rings. The molecule has 7 nitrogen and oxygen atoms in total. The highest BCUT2D eigenvalue weighted by molar-refractivity contribution is 5.76. The normalized spacial score (nSPS) is 29.3. The van der Waals surface area contributed by atoms with E-state index in [0.717, 1.165) is 5.56 Å². The minimum atomic E-state index is -0.621. The number of phenolic OH excluding ortho intramolecular Hbond substituents is 1. The predicted octanol–water partition coefficient (Wildman–Crippen LogP) is -0.0233. The number of nitrogens with one attached hydrogen (secondary N) is 1. The summed E-state index contributed by atoms with van der Waals surface area (Å²) in [5, 5.41) is 22.3. The number of rotatable bonds is 5. The lowest BCUT2D eigenvalue weighted by Crippen LogP contribution is -2.44. The summed E-state index contributed by atoms with van der Waals surface area (Å²) >= 11 is 0. The first-order valence-corrected chi connectivity index (χ1v) is 7.65. The standard InChI is InChI=1S/C16H21NO6/c1-21-13-4-2-9(6-11(13)18)3-5-14(20)17-10-7-22-16-12(19)8-23-15(10)16/h2,4,6,10,12,15-16,18-19H,3,5,7-8H2,1H3,(H,17,20)/t10-,12+,15+,16+/m0/s1. The van der Waals surface area contributed by atoms with Gasteiger partial charge in [0.1, 0.15) is 18.3 Å². The zero-order chi connectivity index (χ0) is 16.4. The minimum absolute atomic E-state index is 0.0609. The van der Waals surface area contributed by atoms with Crippen molar-refractivity contribution >= 4 is 5.91 Å². The van der Waals surface area contributed by atoms with E-state index >= 15 is 0 Å². The molecule has 4 atom stereocenters. The van der Waals surface area contributed by atoms with Crippen LogP contribution in [0.3, 0.4) is 0 Å². The molecule has 2 aliphatic heterocycles. The van der Waals surface area contributed by atoms with Crippen LogP contribution in [0.1, 0.15) is 12.0 Å². The van der Waals surface area contributed by atoms with Crippen molar-refractivity contribution in [3.05, 3.63) is 23.8 Å². The number of ether oxygens (including phenoxy) is 3. The van der Waals surface area contributed by atoms with Gasteiger partial charge in [-0.2, -0.15) is 0 Å². The number of aromatic hydroxyl groups is 1. The molecule has 0 radical (unpaired) electrons. The van der Waals surface area contributed by atoms with Gasteiger partial charge in [-0.3, -0.25) is 4.79 Å². The van der Waals surface area contributed by atoms with E-state index < -0.39 is 6.10 Å². The maximum Gasteiger partial charge on any atom is 0.220 e. The number of amides is 1. The van der Waals surface area contributed by atoms with Crippen molar-refractivity contribution in [1.82, 2.24) is 5.32 Å². The van der Waals surface area contributed by atoms with E-state index in [0.29, 0.717) is 25.2 Å². The molecule has 2 heterocycles. The fourth-order valence-electron chi connectivity index (χ4n) is 3.03. The molecule has 126 valence electrons. The van der Waals surface area contributed by atoms with Gasteiger partial charge in [0.25, 0.3) is 0 Å². The van der Waals surface area contributed by atoms with Crippen LogP contribution < -0.4 is 10.1 Å². The van der Waals surface area contributed by atoms with Crippen LogP contribution in [0.4, 0.5) is 0 Å². The second-order valence-corrected chi connectivity index (χ2v) is 5.84. The van der Waals surface area contributed by atoms with Gasteiger partial charge < -0.3 is 29.7 Å². The van der Waals surface area contributed by atoms with Gasteiger partial charge in [0.15, 0.2) is 11.5 Å². The van der Waals surface area contributed by atoms with Crippen LogP contribution in [0.2, 0.25) is 0 Å². The Morgan fingerprint density at radius 3 is 2.87 bits per heavy atom. The van der Waals surface area contributed by atoms with Crippen LogP contribution in [-0.4, -0.2) is 60.8 Å². The number of phenols is 1. The quantitative estimate of drug-likeness (QED) is 0.704. The van der Waals surface area contributed by atoms with Crippen LogP contribution in [0.15, 0.2) is 18.2 Å². The van der Waals surface area contributed by atoms with Crippen molar-refractivity contribution in [2.45, 2.75) is 37.2 Å². The van der Waals surface area contributed by atoms with Crippen molar-refractivity contribution in [2.24, 2.45) is 0 Å². The van der Waals surface area contributed by atoms with Gasteiger partial charge in [-0.1, -0.05) is 6.07 Å². The first kappa shape index (κ1) is 16.0. The topological polar surface area (TPSA) is 97.3 Å². The highest BCUT2D eigenvalue weighted by Crippen LogP contribution is 2.28. The van der Waals surface area contributed by atoms with E-state index in [1.807, 2.05) is 6.07 Å². The number of methoxy groups -OCH3 is 1. The first-order chi connectivity index (χ1) is 11.1. The van der Waals surface area contributed by atoms with Gasteiger partial charge in [0, 0.05) is 6.42 Å². The number of carbonyl (C=O) groups is 1. The molecule has 2 aliphatic rings. The van der Waals surface area contributed by atoms with Gasteiger partial charge in [-0.05, 0) is 24.1 Å². The van der Waals surface area contributed by atoms with Crippen LogP contribution in [0, 0.1) is 0 Å². The fourth-order valence-corrected chi connectivity index (χ4v) is 3.03. The van der Waals surface area contributed by atoms with Crippen molar-refractivity contribution in [3.63, 3.8) is 0 Å². The number of hydrogen-bond donors (Lipinski definition) is 3. The van der Waals surface area contributed by atoms with E-state index in [9.17, 15) is 15.0 Å². The SMILES string of the molecule is COc1ccc(CCC(=O)N[C@H]2CO[C@H]3[C@@H]2OC[C@H]3O)cc1O.